The molecule has 0 fully saturated rings. The van der Waals surface area contributed by atoms with Crippen molar-refractivity contribution < 1.29 is 9.59 Å². The van der Waals surface area contributed by atoms with Crippen molar-refractivity contribution in [1.82, 2.24) is 9.97 Å². The summed E-state index contributed by atoms with van der Waals surface area (Å²) >= 11 is 0. The zero-order valence-corrected chi connectivity index (χ0v) is 24.1. The summed E-state index contributed by atoms with van der Waals surface area (Å²) in [6.07, 6.45) is 9.99. The van der Waals surface area contributed by atoms with Gasteiger partial charge in [0.15, 0.2) is 0 Å². The molecule has 2 amide bonds. The zero-order valence-electron chi connectivity index (χ0n) is 24.1. The third kappa shape index (κ3) is 6.06. The highest BCUT2D eigenvalue weighted by atomic mass is 16.2. The van der Waals surface area contributed by atoms with E-state index in [4.69, 9.17) is 0 Å². The van der Waals surface area contributed by atoms with Gasteiger partial charge in [0.1, 0.15) is 0 Å². The number of anilines is 4. The van der Waals surface area contributed by atoms with E-state index in [0.717, 1.165) is 57.3 Å². The van der Waals surface area contributed by atoms with Gasteiger partial charge in [-0.15, -0.1) is 0 Å². The molecule has 6 rings (SSSR count). The van der Waals surface area contributed by atoms with Crippen molar-refractivity contribution >= 4 is 62.4 Å². The van der Waals surface area contributed by atoms with Crippen LogP contribution in [0.25, 0.3) is 27.9 Å². The lowest BCUT2D eigenvalue weighted by atomic mass is 10.1. The molecule has 7 heteroatoms. The Morgan fingerprint density at radius 3 is 1.91 bits per heavy atom. The van der Waals surface area contributed by atoms with Gasteiger partial charge in [0, 0.05) is 64.4 Å². The Labute approximate surface area is 250 Å². The molecule has 0 aliphatic heterocycles. The fourth-order valence-corrected chi connectivity index (χ4v) is 5.14. The monoisotopic (exact) mass is 567 g/mol. The van der Waals surface area contributed by atoms with Crippen LogP contribution >= 0.6 is 0 Å². The van der Waals surface area contributed by atoms with Gasteiger partial charge >= 0.3 is 0 Å². The number of H-pyrrole nitrogens is 2. The molecule has 2 aromatic heterocycles. The molecular weight excluding hydrogens is 534 g/mol. The largest absolute Gasteiger partial charge is 0.361 e. The fraction of sp³-hybridized carbons (Fsp3) is 0.111. The molecule has 4 aromatic carbocycles. The van der Waals surface area contributed by atoms with E-state index in [2.05, 4.69) is 44.6 Å². The van der Waals surface area contributed by atoms with Crippen molar-refractivity contribution in [3.8, 4) is 0 Å². The number of fused-ring (bicyclic) bond motifs is 2. The maximum atomic E-state index is 13.1. The molecule has 6 aromatic rings. The lowest BCUT2D eigenvalue weighted by molar-refractivity contribution is 0.101. The molecule has 0 unspecified atom stereocenters. The fourth-order valence-electron chi connectivity index (χ4n) is 5.14. The summed E-state index contributed by atoms with van der Waals surface area (Å²) in [5.41, 5.74) is 7.43. The predicted octanol–water partition coefficient (Wildman–Crippen LogP) is 8.74. The standard InChI is InChI=1S/C36H33N5O2/c1-3-4-5-6-26-21-30(40-36(43)28-10-8-25-18-20-38-33(25)23-28)13-16-34(26)41(2)31-14-11-29(12-15-31)39-35(42)27-9-7-24-17-19-37-32(24)22-27/h5-23,37-38H,3-4H2,1-2H3,(H,39,42)(H,40,43)/b6-5+. The number of carbonyl (C=O) groups is 2. The van der Waals surface area contributed by atoms with E-state index in [0.29, 0.717) is 16.8 Å². The first-order valence-corrected chi connectivity index (χ1v) is 14.4. The van der Waals surface area contributed by atoms with E-state index < -0.39 is 0 Å². The number of aromatic amines is 2. The first kappa shape index (κ1) is 27.6. The number of nitrogens with zero attached hydrogens (tertiary/aromatic N) is 1. The molecular formula is C36H33N5O2. The Bertz CT molecular complexity index is 1950. The molecule has 0 saturated heterocycles. The maximum Gasteiger partial charge on any atom is 0.255 e. The molecule has 0 bridgehead atoms. The second kappa shape index (κ2) is 12.1. The number of aromatic nitrogens is 2. The van der Waals surface area contributed by atoms with Crippen LogP contribution in [0.4, 0.5) is 22.7 Å². The lowest BCUT2D eigenvalue weighted by Gasteiger charge is -2.23. The number of carbonyl (C=O) groups excluding carboxylic acids is 2. The molecule has 0 spiro atoms. The van der Waals surface area contributed by atoms with Crippen LogP contribution in [-0.4, -0.2) is 28.8 Å². The van der Waals surface area contributed by atoms with Gasteiger partial charge in [0.05, 0.1) is 0 Å². The number of rotatable bonds is 9. The van der Waals surface area contributed by atoms with Gasteiger partial charge in [-0.1, -0.05) is 37.6 Å². The van der Waals surface area contributed by atoms with E-state index in [-0.39, 0.29) is 11.8 Å². The highest BCUT2D eigenvalue weighted by molar-refractivity contribution is 6.07. The van der Waals surface area contributed by atoms with Gasteiger partial charge in [-0.25, -0.2) is 0 Å². The molecule has 43 heavy (non-hydrogen) atoms. The van der Waals surface area contributed by atoms with Crippen LogP contribution in [0.3, 0.4) is 0 Å². The summed E-state index contributed by atoms with van der Waals surface area (Å²) in [5, 5.41) is 8.18. The molecule has 0 atom stereocenters. The van der Waals surface area contributed by atoms with Gasteiger partial charge in [-0.3, -0.25) is 9.59 Å². The highest BCUT2D eigenvalue weighted by Gasteiger charge is 2.13. The third-order valence-electron chi connectivity index (χ3n) is 7.55. The zero-order chi connectivity index (χ0) is 29.8. The number of benzene rings is 4. The molecule has 214 valence electrons. The summed E-state index contributed by atoms with van der Waals surface area (Å²) in [6, 6.07) is 28.9. The molecule has 7 nitrogen and oxygen atoms in total. The minimum Gasteiger partial charge on any atom is -0.361 e. The van der Waals surface area contributed by atoms with E-state index in [1.54, 1.807) is 0 Å². The Morgan fingerprint density at radius 2 is 1.30 bits per heavy atom. The quantitative estimate of drug-likeness (QED) is 0.141. The number of unbranched alkanes of at least 4 members (excludes halogenated alkanes) is 1. The molecule has 0 radical (unpaired) electrons. The van der Waals surface area contributed by atoms with Crippen molar-refractivity contribution in [2.45, 2.75) is 19.8 Å². The van der Waals surface area contributed by atoms with Gasteiger partial charge in [-0.05, 0) is 102 Å². The summed E-state index contributed by atoms with van der Waals surface area (Å²) < 4.78 is 0. The van der Waals surface area contributed by atoms with Crippen LogP contribution in [0.15, 0.2) is 109 Å². The lowest BCUT2D eigenvalue weighted by Crippen LogP contribution is -2.14. The first-order valence-electron chi connectivity index (χ1n) is 14.4. The SMILES string of the molecule is CCC/C=C/c1cc(NC(=O)c2ccc3cc[nH]c3c2)ccc1N(C)c1ccc(NC(=O)c2ccc3cc[nH]c3c2)cc1. The van der Waals surface area contributed by atoms with Crippen LogP contribution in [-0.2, 0) is 0 Å². The van der Waals surface area contributed by atoms with Crippen molar-refractivity contribution in [1.29, 1.82) is 0 Å². The maximum absolute atomic E-state index is 13.1. The van der Waals surface area contributed by atoms with Crippen LogP contribution < -0.4 is 15.5 Å². The Kier molecular flexibility index (Phi) is 7.78. The van der Waals surface area contributed by atoms with Crippen molar-refractivity contribution in [2.75, 3.05) is 22.6 Å². The summed E-state index contributed by atoms with van der Waals surface area (Å²) in [4.78, 5) is 34.3. The van der Waals surface area contributed by atoms with Crippen molar-refractivity contribution in [3.63, 3.8) is 0 Å². The minimum atomic E-state index is -0.161. The molecule has 0 saturated carbocycles. The van der Waals surface area contributed by atoms with Gasteiger partial charge in [0.2, 0.25) is 0 Å². The Morgan fingerprint density at radius 1 is 0.721 bits per heavy atom. The molecule has 0 aliphatic carbocycles. The van der Waals surface area contributed by atoms with Gasteiger partial charge < -0.3 is 25.5 Å². The molecule has 4 N–H and O–H groups in total. The topological polar surface area (TPSA) is 93.0 Å². The van der Waals surface area contributed by atoms with Gasteiger partial charge in [0.25, 0.3) is 11.8 Å². The van der Waals surface area contributed by atoms with Crippen LogP contribution in [0, 0.1) is 0 Å². The van der Waals surface area contributed by atoms with E-state index in [1.165, 1.54) is 0 Å². The normalized spacial score (nSPS) is 11.3. The second-order valence-electron chi connectivity index (χ2n) is 10.5. The second-order valence-corrected chi connectivity index (χ2v) is 10.5. The van der Waals surface area contributed by atoms with Crippen LogP contribution in [0.2, 0.25) is 0 Å². The number of nitrogens with one attached hydrogen (secondary N) is 4. The number of hydrogen-bond donors (Lipinski definition) is 4. The van der Waals surface area contributed by atoms with Crippen molar-refractivity contribution in [2.24, 2.45) is 0 Å². The first-order chi connectivity index (χ1) is 21.0. The smallest absolute Gasteiger partial charge is 0.255 e. The predicted molar refractivity (Wildman–Crippen MR) is 177 cm³/mol. The summed E-state index contributed by atoms with van der Waals surface area (Å²) in [6.45, 7) is 2.15. The molecule has 0 aliphatic rings. The molecule has 2 heterocycles. The van der Waals surface area contributed by atoms with E-state index >= 15 is 0 Å². The summed E-state index contributed by atoms with van der Waals surface area (Å²) in [7, 11) is 2.01. The third-order valence-corrected chi connectivity index (χ3v) is 7.55. The Balaban J connectivity index is 1.19. The van der Waals surface area contributed by atoms with Crippen molar-refractivity contribution in [3.05, 3.63) is 126 Å². The van der Waals surface area contributed by atoms with Crippen LogP contribution in [0.5, 0.6) is 0 Å². The number of hydrogen-bond acceptors (Lipinski definition) is 3. The minimum absolute atomic E-state index is 0.161. The van der Waals surface area contributed by atoms with E-state index in [1.807, 2.05) is 110 Å². The van der Waals surface area contributed by atoms with Crippen LogP contribution in [0.1, 0.15) is 46.0 Å². The Hall–Kier alpha value is -5.56. The number of allylic oxidation sites excluding steroid dienone is 1. The average molecular weight is 568 g/mol. The number of amides is 2. The van der Waals surface area contributed by atoms with Gasteiger partial charge in [-0.2, -0.15) is 0 Å². The summed E-state index contributed by atoms with van der Waals surface area (Å²) in [5.74, 6) is -0.321. The highest BCUT2D eigenvalue weighted by Crippen LogP contribution is 2.32. The van der Waals surface area contributed by atoms with E-state index in [9.17, 15) is 9.59 Å². The average Bonchev–Trinajstić information content (AvgIpc) is 3.70.